The highest BCUT2D eigenvalue weighted by molar-refractivity contribution is 6.30. The van der Waals surface area contributed by atoms with Crippen molar-refractivity contribution in [2.24, 2.45) is 0 Å². The van der Waals surface area contributed by atoms with Crippen LogP contribution in [0.25, 0.3) is 21.7 Å². The summed E-state index contributed by atoms with van der Waals surface area (Å²) in [7, 11) is 0. The molecule has 78 valence electrons. The lowest BCUT2D eigenvalue weighted by Crippen LogP contribution is -2.06. The van der Waals surface area contributed by atoms with E-state index in [1.54, 1.807) is 18.3 Å². The van der Waals surface area contributed by atoms with Crippen LogP contribution in [0.5, 0.6) is 0 Å². The zero-order chi connectivity index (χ0) is 11.1. The van der Waals surface area contributed by atoms with Crippen LogP contribution in [-0.4, -0.2) is 9.97 Å². The predicted molar refractivity (Wildman–Crippen MR) is 64.9 cm³/mol. The molecule has 0 saturated carbocycles. The van der Waals surface area contributed by atoms with E-state index >= 15 is 0 Å². The van der Waals surface area contributed by atoms with Crippen LogP contribution in [0.1, 0.15) is 0 Å². The Hall–Kier alpha value is -1.87. The van der Waals surface area contributed by atoms with E-state index in [0.717, 1.165) is 10.8 Å². The van der Waals surface area contributed by atoms with Crippen molar-refractivity contribution in [3.05, 3.63) is 52.0 Å². The van der Waals surface area contributed by atoms with Gasteiger partial charge >= 0.3 is 0 Å². The van der Waals surface area contributed by atoms with E-state index in [1.165, 1.54) is 0 Å². The molecule has 0 unspecified atom stereocenters. The molecule has 3 rings (SSSR count). The molecule has 0 atom stereocenters. The molecule has 2 aromatic heterocycles. The third-order valence-corrected chi connectivity index (χ3v) is 2.79. The Morgan fingerprint density at radius 1 is 1.12 bits per heavy atom. The lowest BCUT2D eigenvalue weighted by molar-refractivity contribution is 1.29. The Morgan fingerprint density at radius 2 is 1.88 bits per heavy atom. The Balaban J connectivity index is 2.66. The number of benzene rings is 1. The van der Waals surface area contributed by atoms with Crippen LogP contribution in [-0.2, 0) is 0 Å². The maximum Gasteiger partial charge on any atom is 0.256 e. The average Bonchev–Trinajstić information content (AvgIpc) is 2.31. The Morgan fingerprint density at radius 3 is 2.69 bits per heavy atom. The van der Waals surface area contributed by atoms with Gasteiger partial charge in [-0.25, -0.2) is 4.98 Å². The minimum atomic E-state index is -0.104. The number of hydrogen-bond acceptors (Lipinski definition) is 2. The molecule has 0 aliphatic heterocycles. The minimum Gasteiger partial charge on any atom is -0.320 e. The molecule has 0 amide bonds. The first kappa shape index (κ1) is 9.36. The fourth-order valence-electron chi connectivity index (χ4n) is 1.86. The van der Waals surface area contributed by atoms with Gasteiger partial charge in [-0.05, 0) is 17.5 Å². The molecule has 0 aliphatic rings. The quantitative estimate of drug-likeness (QED) is 0.477. The average molecular weight is 231 g/mol. The summed E-state index contributed by atoms with van der Waals surface area (Å²) in [6.07, 6.45) is 1.57. The van der Waals surface area contributed by atoms with Crippen LogP contribution < -0.4 is 5.56 Å². The summed E-state index contributed by atoms with van der Waals surface area (Å²) in [5, 5.41) is 2.89. The van der Waals surface area contributed by atoms with E-state index in [2.05, 4.69) is 9.97 Å². The highest BCUT2D eigenvalue weighted by Gasteiger charge is 2.04. The number of pyridine rings is 2. The van der Waals surface area contributed by atoms with Crippen LogP contribution >= 0.6 is 11.6 Å². The summed E-state index contributed by atoms with van der Waals surface area (Å²) >= 11 is 5.86. The van der Waals surface area contributed by atoms with Crippen LogP contribution in [0.3, 0.4) is 0 Å². The van der Waals surface area contributed by atoms with Crippen molar-refractivity contribution in [3.8, 4) is 0 Å². The fourth-order valence-corrected chi connectivity index (χ4v) is 2.02. The first-order valence-corrected chi connectivity index (χ1v) is 5.20. The molecular weight excluding hydrogens is 224 g/mol. The molecule has 0 aliphatic carbocycles. The number of fused-ring (bicyclic) bond motifs is 3. The highest BCUT2D eigenvalue weighted by atomic mass is 35.5. The van der Waals surface area contributed by atoms with Crippen LogP contribution in [0.2, 0.25) is 5.15 Å². The van der Waals surface area contributed by atoms with Crippen molar-refractivity contribution >= 4 is 33.3 Å². The van der Waals surface area contributed by atoms with Gasteiger partial charge in [-0.1, -0.05) is 29.8 Å². The number of halogens is 1. The maximum absolute atomic E-state index is 11.8. The number of H-pyrrole nitrogens is 1. The number of hydrogen-bond donors (Lipinski definition) is 1. The number of nitrogens with one attached hydrogen (secondary N) is 1. The number of rotatable bonds is 0. The lowest BCUT2D eigenvalue weighted by atomic mass is 10.1. The highest BCUT2D eigenvalue weighted by Crippen LogP contribution is 2.22. The molecule has 3 nitrogen and oxygen atoms in total. The molecule has 1 aromatic carbocycles. The number of nitrogens with zero attached hydrogens (tertiary/aromatic N) is 1. The summed E-state index contributed by atoms with van der Waals surface area (Å²) in [6.45, 7) is 0. The molecule has 3 aromatic rings. The summed E-state index contributed by atoms with van der Waals surface area (Å²) in [4.78, 5) is 18.5. The molecule has 1 N–H and O–H groups in total. The summed E-state index contributed by atoms with van der Waals surface area (Å²) in [5.74, 6) is 0. The molecule has 2 heterocycles. The fraction of sp³-hybridized carbons (Fsp3) is 0. The third kappa shape index (κ3) is 1.29. The minimum absolute atomic E-state index is 0.104. The van der Waals surface area contributed by atoms with Crippen LogP contribution in [0.15, 0.2) is 41.3 Å². The second-order valence-electron chi connectivity index (χ2n) is 3.55. The van der Waals surface area contributed by atoms with Gasteiger partial charge < -0.3 is 4.98 Å². The van der Waals surface area contributed by atoms with E-state index < -0.39 is 0 Å². The number of aromatic nitrogens is 2. The maximum atomic E-state index is 11.8. The smallest absolute Gasteiger partial charge is 0.256 e. The van der Waals surface area contributed by atoms with Gasteiger partial charge in [0.05, 0.1) is 11.7 Å². The molecule has 16 heavy (non-hydrogen) atoms. The van der Waals surface area contributed by atoms with Crippen molar-refractivity contribution in [2.75, 3.05) is 0 Å². The Bertz CT molecular complexity index is 749. The first-order chi connectivity index (χ1) is 7.75. The lowest BCUT2D eigenvalue weighted by Gasteiger charge is -2.02. The van der Waals surface area contributed by atoms with Gasteiger partial charge in [-0.3, -0.25) is 4.79 Å². The van der Waals surface area contributed by atoms with Crippen molar-refractivity contribution in [1.29, 1.82) is 0 Å². The second-order valence-corrected chi connectivity index (χ2v) is 3.94. The van der Waals surface area contributed by atoms with E-state index in [-0.39, 0.29) is 5.56 Å². The SMILES string of the molecule is O=c1[nH]c2cnc(Cl)cc2c2ccccc12. The van der Waals surface area contributed by atoms with Crippen molar-refractivity contribution in [2.45, 2.75) is 0 Å². The summed E-state index contributed by atoms with van der Waals surface area (Å²) in [6, 6.07) is 9.20. The van der Waals surface area contributed by atoms with Gasteiger partial charge in [0.25, 0.3) is 5.56 Å². The zero-order valence-corrected chi connectivity index (χ0v) is 8.95. The monoisotopic (exact) mass is 230 g/mol. The Kier molecular flexibility index (Phi) is 1.94. The predicted octanol–water partition coefficient (Wildman–Crippen LogP) is 2.73. The molecule has 0 fully saturated rings. The van der Waals surface area contributed by atoms with Crippen molar-refractivity contribution in [1.82, 2.24) is 9.97 Å². The van der Waals surface area contributed by atoms with Crippen molar-refractivity contribution in [3.63, 3.8) is 0 Å². The molecular formula is C12H7ClN2O. The topological polar surface area (TPSA) is 45.8 Å². The van der Waals surface area contributed by atoms with Gasteiger partial charge in [0, 0.05) is 10.8 Å². The largest absolute Gasteiger partial charge is 0.320 e. The van der Waals surface area contributed by atoms with Gasteiger partial charge in [-0.15, -0.1) is 0 Å². The van der Waals surface area contributed by atoms with Gasteiger partial charge in [0.15, 0.2) is 0 Å². The van der Waals surface area contributed by atoms with Crippen LogP contribution in [0, 0.1) is 0 Å². The van der Waals surface area contributed by atoms with Gasteiger partial charge in [0.1, 0.15) is 5.15 Å². The zero-order valence-electron chi connectivity index (χ0n) is 8.20. The third-order valence-electron chi connectivity index (χ3n) is 2.58. The van der Waals surface area contributed by atoms with E-state index in [1.807, 2.05) is 18.2 Å². The van der Waals surface area contributed by atoms with E-state index in [0.29, 0.717) is 16.1 Å². The molecule has 0 spiro atoms. The first-order valence-electron chi connectivity index (χ1n) is 4.82. The molecule has 0 radical (unpaired) electrons. The summed E-state index contributed by atoms with van der Waals surface area (Å²) < 4.78 is 0. The van der Waals surface area contributed by atoms with Gasteiger partial charge in [0.2, 0.25) is 0 Å². The van der Waals surface area contributed by atoms with Gasteiger partial charge in [-0.2, -0.15) is 0 Å². The molecule has 0 saturated heterocycles. The standard InChI is InChI=1S/C12H7ClN2O/c13-11-5-9-7-3-1-2-4-8(7)12(16)15-10(9)6-14-11/h1-6H,(H,15,16). The second kappa shape index (κ2) is 3.32. The molecule has 0 bridgehead atoms. The van der Waals surface area contributed by atoms with Crippen LogP contribution in [0.4, 0.5) is 0 Å². The van der Waals surface area contributed by atoms with Crippen molar-refractivity contribution < 1.29 is 0 Å². The Labute approximate surface area is 95.7 Å². The summed E-state index contributed by atoms with van der Waals surface area (Å²) in [5.41, 5.74) is 0.598. The normalized spacial score (nSPS) is 11.1. The van der Waals surface area contributed by atoms with E-state index in [9.17, 15) is 4.79 Å². The number of aromatic amines is 1. The van der Waals surface area contributed by atoms with E-state index in [4.69, 9.17) is 11.6 Å². The molecule has 4 heteroatoms.